The molecule has 0 bridgehead atoms. The van der Waals surface area contributed by atoms with Gasteiger partial charge >= 0.3 is 0 Å². The molecule has 1 aromatic carbocycles. The Bertz CT molecular complexity index is 575. The van der Waals surface area contributed by atoms with Crippen molar-refractivity contribution in [1.29, 1.82) is 0 Å². The fourth-order valence-electron chi connectivity index (χ4n) is 2.63. The normalized spacial score (nSPS) is 18.0. The van der Waals surface area contributed by atoms with Gasteiger partial charge in [0.2, 0.25) is 0 Å². The van der Waals surface area contributed by atoms with E-state index in [4.69, 9.17) is 0 Å². The summed E-state index contributed by atoms with van der Waals surface area (Å²) >= 11 is 1.88. The summed E-state index contributed by atoms with van der Waals surface area (Å²) < 4.78 is 0. The summed E-state index contributed by atoms with van der Waals surface area (Å²) in [6.45, 7) is 4.55. The first-order valence-electron chi connectivity index (χ1n) is 6.18. The Morgan fingerprint density at radius 1 is 1.18 bits per heavy atom. The maximum atomic E-state index is 2.37. The summed E-state index contributed by atoms with van der Waals surface area (Å²) in [4.78, 5) is 1.48. The van der Waals surface area contributed by atoms with Crippen molar-refractivity contribution < 1.29 is 0 Å². The summed E-state index contributed by atoms with van der Waals surface area (Å²) in [7, 11) is 0. The maximum absolute atomic E-state index is 2.37. The van der Waals surface area contributed by atoms with Gasteiger partial charge in [-0.05, 0) is 46.2 Å². The van der Waals surface area contributed by atoms with E-state index in [1.54, 1.807) is 0 Å². The van der Waals surface area contributed by atoms with Crippen LogP contribution in [0.3, 0.4) is 0 Å². The Morgan fingerprint density at radius 2 is 2.00 bits per heavy atom. The Labute approximate surface area is 107 Å². The largest absolute Gasteiger partial charge is 0.144 e. The van der Waals surface area contributed by atoms with Crippen molar-refractivity contribution in [3.05, 3.63) is 57.3 Å². The van der Waals surface area contributed by atoms with Gasteiger partial charge in [0.15, 0.2) is 0 Å². The first kappa shape index (κ1) is 10.8. The Hall–Kier alpha value is -1.34. The molecule has 1 aliphatic rings. The summed E-state index contributed by atoms with van der Waals surface area (Å²) in [5, 5.41) is 2.21. The fraction of sp³-hybridized carbons (Fsp3) is 0.250. The zero-order valence-corrected chi connectivity index (χ0v) is 11.1. The second kappa shape index (κ2) is 4.15. The van der Waals surface area contributed by atoms with Gasteiger partial charge in [-0.15, -0.1) is 11.3 Å². The van der Waals surface area contributed by atoms with E-state index in [0.717, 1.165) is 6.42 Å². The lowest BCUT2D eigenvalue weighted by atomic mass is 9.95. The van der Waals surface area contributed by atoms with Crippen LogP contribution in [0.1, 0.15) is 41.3 Å². The zero-order valence-electron chi connectivity index (χ0n) is 10.2. The molecule has 0 nitrogen and oxygen atoms in total. The van der Waals surface area contributed by atoms with E-state index in [9.17, 15) is 0 Å². The Balaban J connectivity index is 2.09. The number of benzene rings is 1. The quantitative estimate of drug-likeness (QED) is 0.695. The van der Waals surface area contributed by atoms with Gasteiger partial charge in [0.25, 0.3) is 0 Å². The van der Waals surface area contributed by atoms with Crippen LogP contribution in [-0.4, -0.2) is 0 Å². The molecule has 1 heteroatoms. The average Bonchev–Trinajstić information content (AvgIpc) is 2.94. The van der Waals surface area contributed by atoms with Crippen LogP contribution in [0.5, 0.6) is 0 Å². The van der Waals surface area contributed by atoms with Gasteiger partial charge in [-0.3, -0.25) is 0 Å². The second-order valence-electron chi connectivity index (χ2n) is 4.58. The van der Waals surface area contributed by atoms with Gasteiger partial charge in [0, 0.05) is 10.8 Å². The third-order valence-corrected chi connectivity index (χ3v) is 4.64. The zero-order chi connectivity index (χ0) is 11.8. The van der Waals surface area contributed by atoms with Crippen LogP contribution in [0.25, 0.3) is 11.6 Å². The molecular weight excluding hydrogens is 224 g/mol. The molecule has 0 amide bonds. The van der Waals surface area contributed by atoms with Crippen molar-refractivity contribution >= 4 is 23.0 Å². The van der Waals surface area contributed by atoms with Crippen LogP contribution in [0, 0.1) is 0 Å². The predicted molar refractivity (Wildman–Crippen MR) is 76.4 cm³/mol. The van der Waals surface area contributed by atoms with Crippen LogP contribution < -0.4 is 0 Å². The van der Waals surface area contributed by atoms with Gasteiger partial charge < -0.3 is 0 Å². The Morgan fingerprint density at radius 3 is 2.76 bits per heavy atom. The molecule has 1 aromatic heterocycles. The topological polar surface area (TPSA) is 0 Å². The molecule has 0 saturated carbocycles. The van der Waals surface area contributed by atoms with E-state index in [2.05, 4.69) is 55.6 Å². The van der Waals surface area contributed by atoms with Gasteiger partial charge in [-0.25, -0.2) is 0 Å². The lowest BCUT2D eigenvalue weighted by Crippen LogP contribution is -1.93. The molecule has 86 valence electrons. The van der Waals surface area contributed by atoms with E-state index >= 15 is 0 Å². The fourth-order valence-corrected chi connectivity index (χ4v) is 3.73. The molecule has 0 fully saturated rings. The molecule has 0 N–H and O–H groups in total. The number of fused-ring (bicyclic) bond motifs is 1. The number of rotatable bonds is 2. The number of hydrogen-bond donors (Lipinski definition) is 0. The molecule has 0 spiro atoms. The van der Waals surface area contributed by atoms with Gasteiger partial charge in [0.05, 0.1) is 0 Å². The standard InChI is InChI=1S/C16H16S/c1-3-12-8-9-17-16(12)15-10-13-6-4-5-7-14(13)11(15)2/h4-11H,3H2,1-2H3. The van der Waals surface area contributed by atoms with Crippen molar-refractivity contribution in [2.75, 3.05) is 0 Å². The second-order valence-corrected chi connectivity index (χ2v) is 5.49. The number of allylic oxidation sites excluding steroid dienone is 1. The maximum Gasteiger partial charge on any atom is 0.0340 e. The van der Waals surface area contributed by atoms with E-state index in [-0.39, 0.29) is 0 Å². The smallest absolute Gasteiger partial charge is 0.0340 e. The molecule has 3 rings (SSSR count). The van der Waals surface area contributed by atoms with Crippen molar-refractivity contribution in [3.8, 4) is 0 Å². The molecule has 1 unspecified atom stereocenters. The first-order chi connectivity index (χ1) is 8.31. The summed E-state index contributed by atoms with van der Waals surface area (Å²) in [5.41, 5.74) is 5.85. The minimum absolute atomic E-state index is 0.537. The van der Waals surface area contributed by atoms with Crippen LogP contribution in [0.2, 0.25) is 0 Å². The molecule has 0 aliphatic heterocycles. The monoisotopic (exact) mass is 240 g/mol. The number of hydrogen-bond acceptors (Lipinski definition) is 1. The minimum atomic E-state index is 0.537. The molecule has 17 heavy (non-hydrogen) atoms. The van der Waals surface area contributed by atoms with Gasteiger partial charge in [-0.1, -0.05) is 38.1 Å². The number of aryl methyl sites for hydroxylation is 1. The van der Waals surface area contributed by atoms with E-state index in [0.29, 0.717) is 5.92 Å². The average molecular weight is 240 g/mol. The summed E-state index contributed by atoms with van der Waals surface area (Å²) in [6.07, 6.45) is 3.49. The molecular formula is C16H16S. The highest BCUT2D eigenvalue weighted by Gasteiger charge is 2.23. The Kier molecular flexibility index (Phi) is 2.64. The minimum Gasteiger partial charge on any atom is -0.144 e. The third kappa shape index (κ3) is 1.66. The van der Waals surface area contributed by atoms with E-state index < -0.39 is 0 Å². The van der Waals surface area contributed by atoms with Crippen molar-refractivity contribution in [2.24, 2.45) is 0 Å². The van der Waals surface area contributed by atoms with Crippen molar-refractivity contribution in [2.45, 2.75) is 26.2 Å². The van der Waals surface area contributed by atoms with E-state index in [1.165, 1.54) is 27.1 Å². The molecule has 2 aromatic rings. The van der Waals surface area contributed by atoms with Crippen LogP contribution >= 0.6 is 11.3 Å². The third-order valence-electron chi connectivity index (χ3n) is 3.63. The predicted octanol–water partition coefficient (Wildman–Crippen LogP) is 4.97. The first-order valence-corrected chi connectivity index (χ1v) is 7.06. The van der Waals surface area contributed by atoms with Crippen LogP contribution in [0.15, 0.2) is 35.7 Å². The van der Waals surface area contributed by atoms with Gasteiger partial charge in [-0.2, -0.15) is 0 Å². The van der Waals surface area contributed by atoms with Crippen LogP contribution in [-0.2, 0) is 6.42 Å². The summed E-state index contributed by atoms with van der Waals surface area (Å²) in [5.74, 6) is 0.537. The molecule has 0 radical (unpaired) electrons. The summed E-state index contributed by atoms with van der Waals surface area (Å²) in [6, 6.07) is 11.0. The lowest BCUT2D eigenvalue weighted by Gasteiger charge is -2.11. The molecule has 1 heterocycles. The highest BCUT2D eigenvalue weighted by Crippen LogP contribution is 2.44. The van der Waals surface area contributed by atoms with Crippen molar-refractivity contribution in [1.82, 2.24) is 0 Å². The van der Waals surface area contributed by atoms with Crippen molar-refractivity contribution in [3.63, 3.8) is 0 Å². The van der Waals surface area contributed by atoms with Crippen LogP contribution in [0.4, 0.5) is 0 Å². The lowest BCUT2D eigenvalue weighted by molar-refractivity contribution is 1.01. The number of thiophene rings is 1. The van der Waals surface area contributed by atoms with E-state index in [1.807, 2.05) is 11.3 Å². The highest BCUT2D eigenvalue weighted by atomic mass is 32.1. The SMILES string of the molecule is CCc1ccsc1C1=Cc2ccccc2C1C. The van der Waals surface area contributed by atoms with Gasteiger partial charge in [0.1, 0.15) is 0 Å². The molecule has 1 aliphatic carbocycles. The highest BCUT2D eigenvalue weighted by molar-refractivity contribution is 7.11. The molecule has 1 atom stereocenters. The molecule has 0 saturated heterocycles.